The van der Waals surface area contributed by atoms with Crippen LogP contribution in [0.15, 0.2) is 24.3 Å². The van der Waals surface area contributed by atoms with E-state index in [1.165, 1.54) is 4.90 Å². The van der Waals surface area contributed by atoms with Gasteiger partial charge in [-0.25, -0.2) is 4.79 Å². The monoisotopic (exact) mass is 400 g/mol. The average molecular weight is 400 g/mol. The second-order valence-electron chi connectivity index (χ2n) is 7.66. The van der Waals surface area contributed by atoms with Gasteiger partial charge in [-0.05, 0) is 31.4 Å². The van der Waals surface area contributed by atoms with Crippen LogP contribution in [0.3, 0.4) is 0 Å². The van der Waals surface area contributed by atoms with Gasteiger partial charge in [-0.15, -0.1) is 0 Å². The molecule has 2 aliphatic heterocycles. The van der Waals surface area contributed by atoms with Crippen molar-refractivity contribution in [3.05, 3.63) is 29.8 Å². The number of morpholine rings is 1. The van der Waals surface area contributed by atoms with E-state index in [-0.39, 0.29) is 48.8 Å². The van der Waals surface area contributed by atoms with Crippen molar-refractivity contribution in [1.82, 2.24) is 10.2 Å². The SMILES string of the molecule is NC(=O)[C@H]1CC[C@H]2OCCN(C(=O)c3ccccc3N3CCC(=O)NC3=O)[C@@H]2C1. The number of amides is 5. The van der Waals surface area contributed by atoms with E-state index < -0.39 is 6.03 Å². The third kappa shape index (κ3) is 3.69. The Labute approximate surface area is 168 Å². The highest BCUT2D eigenvalue weighted by molar-refractivity contribution is 6.09. The smallest absolute Gasteiger partial charge is 0.328 e. The van der Waals surface area contributed by atoms with Crippen molar-refractivity contribution < 1.29 is 23.9 Å². The molecule has 0 spiro atoms. The van der Waals surface area contributed by atoms with Crippen LogP contribution in [0.2, 0.25) is 0 Å². The zero-order chi connectivity index (χ0) is 20.5. The van der Waals surface area contributed by atoms with E-state index in [1.807, 2.05) is 0 Å². The molecule has 154 valence electrons. The van der Waals surface area contributed by atoms with Crippen molar-refractivity contribution in [2.75, 3.05) is 24.6 Å². The highest BCUT2D eigenvalue weighted by Gasteiger charge is 2.42. The van der Waals surface area contributed by atoms with Gasteiger partial charge in [-0.3, -0.25) is 24.6 Å². The lowest BCUT2D eigenvalue weighted by molar-refractivity contribution is -0.128. The minimum absolute atomic E-state index is 0.119. The largest absolute Gasteiger partial charge is 0.374 e. The van der Waals surface area contributed by atoms with Gasteiger partial charge in [-0.1, -0.05) is 12.1 Å². The average Bonchev–Trinajstić information content (AvgIpc) is 2.72. The number of nitrogens with one attached hydrogen (secondary N) is 1. The van der Waals surface area contributed by atoms with Crippen LogP contribution in [-0.2, 0) is 14.3 Å². The van der Waals surface area contributed by atoms with Gasteiger partial charge >= 0.3 is 6.03 Å². The molecule has 0 bridgehead atoms. The lowest BCUT2D eigenvalue weighted by atomic mass is 9.81. The molecule has 9 heteroatoms. The Bertz CT molecular complexity index is 857. The number of benzene rings is 1. The molecule has 4 rings (SSSR count). The van der Waals surface area contributed by atoms with Crippen molar-refractivity contribution >= 4 is 29.4 Å². The predicted molar refractivity (Wildman–Crippen MR) is 103 cm³/mol. The topological polar surface area (TPSA) is 122 Å². The number of hydrogen-bond acceptors (Lipinski definition) is 5. The number of nitrogens with two attached hydrogens (primary N) is 1. The molecule has 1 aliphatic carbocycles. The Balaban J connectivity index is 1.61. The lowest BCUT2D eigenvalue weighted by Gasteiger charge is -2.45. The van der Waals surface area contributed by atoms with Gasteiger partial charge in [0.05, 0.1) is 30.0 Å². The molecule has 5 amide bonds. The van der Waals surface area contributed by atoms with Crippen LogP contribution < -0.4 is 16.0 Å². The van der Waals surface area contributed by atoms with Gasteiger partial charge in [-0.2, -0.15) is 0 Å². The second-order valence-corrected chi connectivity index (χ2v) is 7.66. The van der Waals surface area contributed by atoms with Gasteiger partial charge in [0.2, 0.25) is 11.8 Å². The van der Waals surface area contributed by atoms with E-state index in [9.17, 15) is 19.2 Å². The molecular formula is C20H24N4O5. The standard InChI is InChI=1S/C20H24N4O5/c21-18(26)12-5-6-16-15(11-12)23(9-10-29-16)19(27)13-3-1-2-4-14(13)24-8-7-17(25)22-20(24)28/h1-4,12,15-16H,5-11H2,(H2,21,26)(H,22,25,28)/t12-,15+,16+/m0/s1. The van der Waals surface area contributed by atoms with Crippen molar-refractivity contribution in [3.63, 3.8) is 0 Å². The number of nitrogens with zero attached hydrogens (tertiary/aromatic N) is 2. The Kier molecular flexibility index (Phi) is 5.23. The number of rotatable bonds is 3. The van der Waals surface area contributed by atoms with Crippen LogP contribution in [0.5, 0.6) is 0 Å². The molecule has 3 atom stereocenters. The van der Waals surface area contributed by atoms with Gasteiger partial charge in [0.1, 0.15) is 0 Å². The Hall–Kier alpha value is -2.94. The van der Waals surface area contributed by atoms with Crippen molar-refractivity contribution in [2.45, 2.75) is 37.8 Å². The number of carbonyl (C=O) groups is 4. The first-order valence-corrected chi connectivity index (χ1v) is 9.88. The Morgan fingerprint density at radius 3 is 2.69 bits per heavy atom. The fourth-order valence-corrected chi connectivity index (χ4v) is 4.46. The maximum absolute atomic E-state index is 13.5. The van der Waals surface area contributed by atoms with Gasteiger partial charge in [0.25, 0.3) is 5.91 Å². The van der Waals surface area contributed by atoms with Crippen LogP contribution in [0.1, 0.15) is 36.0 Å². The van der Waals surface area contributed by atoms with E-state index >= 15 is 0 Å². The summed E-state index contributed by atoms with van der Waals surface area (Å²) in [4.78, 5) is 52.1. The normalized spacial score (nSPS) is 27.2. The van der Waals surface area contributed by atoms with Crippen LogP contribution in [0.25, 0.3) is 0 Å². The zero-order valence-corrected chi connectivity index (χ0v) is 16.0. The molecule has 1 saturated carbocycles. The number of para-hydroxylation sites is 1. The molecule has 1 aromatic rings. The molecule has 2 saturated heterocycles. The van der Waals surface area contributed by atoms with Crippen LogP contribution >= 0.6 is 0 Å². The number of imide groups is 1. The Morgan fingerprint density at radius 1 is 1.14 bits per heavy atom. The quantitative estimate of drug-likeness (QED) is 0.771. The molecule has 9 nitrogen and oxygen atoms in total. The number of urea groups is 1. The summed E-state index contributed by atoms with van der Waals surface area (Å²) in [6.45, 7) is 1.05. The summed E-state index contributed by atoms with van der Waals surface area (Å²) in [5, 5.41) is 2.29. The van der Waals surface area contributed by atoms with Crippen molar-refractivity contribution in [3.8, 4) is 0 Å². The molecule has 3 aliphatic rings. The predicted octanol–water partition coefficient (Wildman–Crippen LogP) is 0.628. The second kappa shape index (κ2) is 7.82. The zero-order valence-electron chi connectivity index (χ0n) is 16.0. The molecule has 0 unspecified atom stereocenters. The summed E-state index contributed by atoms with van der Waals surface area (Å²) in [5.41, 5.74) is 6.36. The first-order valence-electron chi connectivity index (χ1n) is 9.88. The third-order valence-corrected chi connectivity index (χ3v) is 5.96. The van der Waals surface area contributed by atoms with E-state index in [1.54, 1.807) is 29.2 Å². The van der Waals surface area contributed by atoms with Crippen molar-refractivity contribution in [1.29, 1.82) is 0 Å². The summed E-state index contributed by atoms with van der Waals surface area (Å²) >= 11 is 0. The van der Waals surface area contributed by atoms with E-state index in [0.717, 1.165) is 0 Å². The van der Waals surface area contributed by atoms with Crippen molar-refractivity contribution in [2.24, 2.45) is 11.7 Å². The number of hydrogen-bond donors (Lipinski definition) is 2. The number of anilines is 1. The highest BCUT2D eigenvalue weighted by Crippen LogP contribution is 2.34. The number of fused-ring (bicyclic) bond motifs is 1. The number of ether oxygens (including phenoxy) is 1. The first-order chi connectivity index (χ1) is 14.0. The molecular weight excluding hydrogens is 376 g/mol. The summed E-state index contributed by atoms with van der Waals surface area (Å²) in [5.74, 6) is -1.17. The van der Waals surface area contributed by atoms with Crippen LogP contribution in [0.4, 0.5) is 10.5 Å². The minimum atomic E-state index is -0.534. The summed E-state index contributed by atoms with van der Waals surface area (Å²) in [6, 6.07) is 6.12. The maximum Gasteiger partial charge on any atom is 0.328 e. The molecule has 3 N–H and O–H groups in total. The number of primary amides is 1. The molecule has 3 fully saturated rings. The molecule has 0 radical (unpaired) electrons. The third-order valence-electron chi connectivity index (χ3n) is 5.96. The lowest BCUT2D eigenvalue weighted by Crippen LogP contribution is -2.57. The fourth-order valence-electron chi connectivity index (χ4n) is 4.46. The van der Waals surface area contributed by atoms with Gasteiger partial charge in [0.15, 0.2) is 0 Å². The fraction of sp³-hybridized carbons (Fsp3) is 0.500. The van der Waals surface area contributed by atoms with E-state index in [0.29, 0.717) is 43.7 Å². The Morgan fingerprint density at radius 2 is 1.93 bits per heavy atom. The van der Waals surface area contributed by atoms with E-state index in [2.05, 4.69) is 5.32 Å². The van der Waals surface area contributed by atoms with Gasteiger partial charge < -0.3 is 15.4 Å². The van der Waals surface area contributed by atoms with Crippen LogP contribution in [-0.4, -0.2) is 60.5 Å². The summed E-state index contributed by atoms with van der Waals surface area (Å²) < 4.78 is 5.84. The van der Waals surface area contributed by atoms with Gasteiger partial charge in [0, 0.05) is 25.4 Å². The molecule has 2 heterocycles. The molecule has 29 heavy (non-hydrogen) atoms. The first kappa shape index (κ1) is 19.4. The van der Waals surface area contributed by atoms with E-state index in [4.69, 9.17) is 10.5 Å². The minimum Gasteiger partial charge on any atom is -0.374 e. The highest BCUT2D eigenvalue weighted by atomic mass is 16.5. The molecule has 1 aromatic carbocycles. The summed E-state index contributed by atoms with van der Waals surface area (Å²) in [6.07, 6.45) is 1.88. The van der Waals surface area contributed by atoms with Crippen LogP contribution in [0, 0.1) is 5.92 Å². The molecule has 0 aromatic heterocycles. The summed E-state index contributed by atoms with van der Waals surface area (Å²) in [7, 11) is 0. The maximum atomic E-state index is 13.5. The number of carbonyl (C=O) groups excluding carboxylic acids is 4.